The molecular weight excluding hydrogens is 423 g/mol. The van der Waals surface area contributed by atoms with Crippen molar-refractivity contribution in [3.63, 3.8) is 0 Å². The van der Waals surface area contributed by atoms with E-state index in [-0.39, 0.29) is 0 Å². The predicted molar refractivity (Wildman–Crippen MR) is 125 cm³/mol. The number of halogens is 1. The van der Waals surface area contributed by atoms with Crippen LogP contribution < -0.4 is 9.47 Å². The van der Waals surface area contributed by atoms with Crippen molar-refractivity contribution in [3.8, 4) is 11.5 Å². The van der Waals surface area contributed by atoms with E-state index in [1.807, 2.05) is 32.9 Å². The molecule has 33 heavy (non-hydrogen) atoms. The second kappa shape index (κ2) is 10.0. The number of esters is 1. The molecular formula is C27H29FO5. The van der Waals surface area contributed by atoms with E-state index in [1.165, 1.54) is 14.2 Å². The first-order valence-electron chi connectivity index (χ1n) is 10.6. The lowest BCUT2D eigenvalue weighted by Gasteiger charge is -2.32. The molecule has 1 N–H and O–H groups in total. The highest BCUT2D eigenvalue weighted by atomic mass is 19.1. The fraction of sp³-hybridized carbons (Fsp3) is 0.296. The Balaban J connectivity index is 1.92. The van der Waals surface area contributed by atoms with Gasteiger partial charge in [-0.25, -0.2) is 9.18 Å². The molecule has 5 nitrogen and oxygen atoms in total. The lowest BCUT2D eigenvalue weighted by atomic mass is 9.82. The van der Waals surface area contributed by atoms with Crippen molar-refractivity contribution in [2.45, 2.75) is 32.5 Å². The van der Waals surface area contributed by atoms with Crippen molar-refractivity contribution < 1.29 is 28.5 Å². The molecule has 3 aromatic carbocycles. The molecule has 0 fully saturated rings. The summed E-state index contributed by atoms with van der Waals surface area (Å²) in [4.78, 5) is 12.8. The standard InChI is InChI=1S/C27H29FO5/c1-17-14-18(2)25(19(3)15-17)26(29)33-16-24(28)27(30,20-6-10-22(31-4)11-7-20)21-8-12-23(32-5)13-9-21/h6-15,24,30H,16H2,1-5H3. The second-order valence-electron chi connectivity index (χ2n) is 8.06. The third-order valence-corrected chi connectivity index (χ3v) is 5.76. The van der Waals surface area contributed by atoms with E-state index in [0.29, 0.717) is 28.2 Å². The van der Waals surface area contributed by atoms with Crippen molar-refractivity contribution in [2.75, 3.05) is 20.8 Å². The van der Waals surface area contributed by atoms with Crippen LogP contribution in [0, 0.1) is 20.8 Å². The summed E-state index contributed by atoms with van der Waals surface area (Å²) >= 11 is 0. The molecule has 1 atom stereocenters. The summed E-state index contributed by atoms with van der Waals surface area (Å²) in [6.45, 7) is 4.94. The maximum Gasteiger partial charge on any atom is 0.338 e. The van der Waals surface area contributed by atoms with Gasteiger partial charge in [0, 0.05) is 0 Å². The molecule has 3 rings (SSSR count). The number of ether oxygens (including phenoxy) is 3. The highest BCUT2D eigenvalue weighted by molar-refractivity contribution is 5.92. The number of methoxy groups -OCH3 is 2. The number of hydrogen-bond donors (Lipinski definition) is 1. The van der Waals surface area contributed by atoms with Gasteiger partial charge in [-0.1, -0.05) is 42.0 Å². The van der Waals surface area contributed by atoms with Crippen LogP contribution in [0.15, 0.2) is 60.7 Å². The number of hydrogen-bond acceptors (Lipinski definition) is 5. The lowest BCUT2D eigenvalue weighted by molar-refractivity contribution is -0.0377. The van der Waals surface area contributed by atoms with Crippen LogP contribution in [-0.2, 0) is 10.3 Å². The topological polar surface area (TPSA) is 65.0 Å². The van der Waals surface area contributed by atoms with Crippen molar-refractivity contribution in [1.82, 2.24) is 0 Å². The second-order valence-corrected chi connectivity index (χ2v) is 8.06. The average Bonchev–Trinajstić information content (AvgIpc) is 2.81. The van der Waals surface area contributed by atoms with E-state index in [2.05, 4.69) is 0 Å². The maximum atomic E-state index is 15.7. The van der Waals surface area contributed by atoms with Crippen molar-refractivity contribution in [1.29, 1.82) is 0 Å². The van der Waals surface area contributed by atoms with Gasteiger partial charge in [0.25, 0.3) is 0 Å². The molecule has 0 aliphatic heterocycles. The minimum absolute atomic E-state index is 0.305. The van der Waals surface area contributed by atoms with Crippen LogP contribution in [0.2, 0.25) is 0 Å². The summed E-state index contributed by atoms with van der Waals surface area (Å²) in [5.74, 6) is 0.519. The van der Waals surface area contributed by atoms with Crippen LogP contribution in [0.1, 0.15) is 38.2 Å². The first-order valence-corrected chi connectivity index (χ1v) is 10.6. The highest BCUT2D eigenvalue weighted by Gasteiger charge is 2.42. The Morgan fingerprint density at radius 2 is 1.30 bits per heavy atom. The van der Waals surface area contributed by atoms with Gasteiger partial charge in [-0.05, 0) is 67.3 Å². The van der Waals surface area contributed by atoms with Crippen molar-refractivity contribution in [2.24, 2.45) is 0 Å². The van der Waals surface area contributed by atoms with Gasteiger partial charge < -0.3 is 19.3 Å². The van der Waals surface area contributed by atoms with Crippen LogP contribution in [0.5, 0.6) is 11.5 Å². The molecule has 0 aliphatic carbocycles. The largest absolute Gasteiger partial charge is 0.497 e. The van der Waals surface area contributed by atoms with Crippen LogP contribution in [0.25, 0.3) is 0 Å². The maximum absolute atomic E-state index is 15.7. The Kier molecular flexibility index (Phi) is 7.39. The fourth-order valence-electron chi connectivity index (χ4n) is 4.06. The molecule has 0 spiro atoms. The van der Waals surface area contributed by atoms with Gasteiger partial charge in [-0.15, -0.1) is 0 Å². The van der Waals surface area contributed by atoms with E-state index in [0.717, 1.165) is 16.7 Å². The number of aliphatic hydroxyl groups is 1. The van der Waals surface area contributed by atoms with Crippen LogP contribution >= 0.6 is 0 Å². The zero-order chi connectivity index (χ0) is 24.2. The molecule has 0 bridgehead atoms. The van der Waals surface area contributed by atoms with E-state index in [1.54, 1.807) is 48.5 Å². The first kappa shape index (κ1) is 24.3. The fourth-order valence-corrected chi connectivity index (χ4v) is 4.06. The van der Waals surface area contributed by atoms with Crippen LogP contribution in [0.4, 0.5) is 4.39 Å². The van der Waals surface area contributed by atoms with Crippen LogP contribution in [-0.4, -0.2) is 38.1 Å². The Hall–Kier alpha value is -3.38. The SMILES string of the molecule is COc1ccc(C(O)(c2ccc(OC)cc2)C(F)COC(=O)c2c(C)cc(C)cc2C)cc1. The van der Waals surface area contributed by atoms with Gasteiger partial charge in [-0.3, -0.25) is 0 Å². The van der Waals surface area contributed by atoms with E-state index >= 15 is 4.39 Å². The Morgan fingerprint density at radius 3 is 1.70 bits per heavy atom. The summed E-state index contributed by atoms with van der Waals surface area (Å²) in [7, 11) is 3.05. The van der Waals surface area contributed by atoms with Crippen LogP contribution in [0.3, 0.4) is 0 Å². The van der Waals surface area contributed by atoms with Gasteiger partial charge in [-0.2, -0.15) is 0 Å². The smallest absolute Gasteiger partial charge is 0.338 e. The molecule has 0 amide bonds. The quantitative estimate of drug-likeness (QED) is 0.484. The minimum atomic E-state index is -2.06. The normalized spacial score (nSPS) is 12.2. The minimum Gasteiger partial charge on any atom is -0.497 e. The predicted octanol–water partition coefficient (Wildman–Crippen LogP) is 5.06. The molecule has 0 aromatic heterocycles. The summed E-state index contributed by atoms with van der Waals surface area (Å²) in [5, 5.41) is 11.6. The summed E-state index contributed by atoms with van der Waals surface area (Å²) in [6, 6.07) is 16.7. The lowest BCUT2D eigenvalue weighted by Crippen LogP contribution is -2.41. The zero-order valence-electron chi connectivity index (χ0n) is 19.5. The molecule has 1 unspecified atom stereocenters. The molecule has 3 aromatic rings. The molecule has 0 aliphatic rings. The Morgan fingerprint density at radius 1 is 0.879 bits per heavy atom. The number of rotatable bonds is 8. The summed E-state index contributed by atoms with van der Waals surface area (Å²) < 4.78 is 31.4. The third kappa shape index (κ3) is 5.01. The van der Waals surface area contributed by atoms with Gasteiger partial charge in [0.05, 0.1) is 19.8 Å². The summed E-state index contributed by atoms with van der Waals surface area (Å²) in [6.07, 6.45) is -1.94. The first-order chi connectivity index (χ1) is 15.7. The van der Waals surface area contributed by atoms with Gasteiger partial charge in [0.1, 0.15) is 23.7 Å². The molecule has 174 valence electrons. The average molecular weight is 453 g/mol. The Labute approximate surface area is 193 Å². The zero-order valence-corrected chi connectivity index (χ0v) is 19.5. The summed E-state index contributed by atoms with van der Waals surface area (Å²) in [5.41, 5.74) is 1.50. The number of alkyl halides is 1. The molecule has 6 heteroatoms. The van der Waals surface area contributed by atoms with Gasteiger partial charge in [0.2, 0.25) is 0 Å². The van der Waals surface area contributed by atoms with E-state index in [4.69, 9.17) is 14.2 Å². The molecule has 0 saturated heterocycles. The van der Waals surface area contributed by atoms with E-state index in [9.17, 15) is 9.90 Å². The Bertz CT molecular complexity index is 1040. The molecule has 0 radical (unpaired) electrons. The van der Waals surface area contributed by atoms with Gasteiger partial charge in [0.15, 0.2) is 6.17 Å². The third-order valence-electron chi connectivity index (χ3n) is 5.76. The number of carbonyl (C=O) groups excluding carboxylic acids is 1. The molecule has 0 saturated carbocycles. The monoisotopic (exact) mass is 452 g/mol. The number of benzene rings is 3. The van der Waals surface area contributed by atoms with Gasteiger partial charge >= 0.3 is 5.97 Å². The van der Waals surface area contributed by atoms with Crippen molar-refractivity contribution in [3.05, 3.63) is 94.0 Å². The molecule has 0 heterocycles. The van der Waals surface area contributed by atoms with Crippen molar-refractivity contribution >= 4 is 5.97 Å². The number of aryl methyl sites for hydroxylation is 3. The highest BCUT2D eigenvalue weighted by Crippen LogP contribution is 2.37. The number of carbonyl (C=O) groups is 1. The van der Waals surface area contributed by atoms with E-state index < -0.39 is 24.3 Å².